The van der Waals surface area contributed by atoms with Crippen molar-refractivity contribution in [2.24, 2.45) is 0 Å². The van der Waals surface area contributed by atoms with Crippen LogP contribution in [0, 0.1) is 10.1 Å². The maximum absolute atomic E-state index is 13.0. The normalized spacial score (nSPS) is 17.1. The first-order valence-corrected chi connectivity index (χ1v) is 8.59. The van der Waals surface area contributed by atoms with Gasteiger partial charge < -0.3 is 0 Å². The van der Waals surface area contributed by atoms with Gasteiger partial charge in [0.05, 0.1) is 4.92 Å². The van der Waals surface area contributed by atoms with Crippen LogP contribution in [-0.2, 0) is 0 Å². The second kappa shape index (κ2) is 5.92. The molecule has 1 fully saturated rings. The number of hydrogen-bond donors (Lipinski definition) is 0. The van der Waals surface area contributed by atoms with Crippen LogP contribution in [0.15, 0.2) is 36.4 Å². The van der Waals surface area contributed by atoms with Gasteiger partial charge in [0.1, 0.15) is 5.56 Å². The summed E-state index contributed by atoms with van der Waals surface area (Å²) in [6, 6.07) is 9.81. The van der Waals surface area contributed by atoms with Crippen LogP contribution in [0.5, 0.6) is 0 Å². The molecular weight excluding hydrogens is 318 g/mol. The van der Waals surface area contributed by atoms with Gasteiger partial charge in [-0.15, -0.1) is 0 Å². The van der Waals surface area contributed by atoms with Gasteiger partial charge in [0.2, 0.25) is 5.78 Å². The molecule has 0 aliphatic heterocycles. The van der Waals surface area contributed by atoms with E-state index >= 15 is 0 Å². The van der Waals surface area contributed by atoms with Crippen molar-refractivity contribution in [3.8, 4) is 0 Å². The molecule has 0 amide bonds. The number of carbonyl (C=O) groups is 2. The number of hydrogen-bond acceptors (Lipinski definition) is 4. The summed E-state index contributed by atoms with van der Waals surface area (Å²) in [6.45, 7) is 0. The van der Waals surface area contributed by atoms with E-state index in [1.165, 1.54) is 0 Å². The predicted octanol–water partition coefficient (Wildman–Crippen LogP) is 4.42. The van der Waals surface area contributed by atoms with Crippen molar-refractivity contribution >= 4 is 17.3 Å². The van der Waals surface area contributed by atoms with E-state index in [1.807, 2.05) is 0 Å². The van der Waals surface area contributed by atoms with Gasteiger partial charge in [0.15, 0.2) is 5.78 Å². The molecule has 5 heteroatoms. The van der Waals surface area contributed by atoms with Crippen molar-refractivity contribution in [1.82, 2.24) is 0 Å². The molecule has 0 bridgehead atoms. The van der Waals surface area contributed by atoms with Gasteiger partial charge in [-0.05, 0) is 24.8 Å². The number of ketones is 2. The monoisotopic (exact) mass is 335 g/mol. The summed E-state index contributed by atoms with van der Waals surface area (Å²) < 4.78 is 0. The Kier molecular flexibility index (Phi) is 3.71. The molecule has 0 saturated heterocycles. The van der Waals surface area contributed by atoms with Crippen LogP contribution in [0.2, 0.25) is 0 Å². The lowest BCUT2D eigenvalue weighted by atomic mass is 9.78. The van der Waals surface area contributed by atoms with Crippen LogP contribution in [0.1, 0.15) is 75.4 Å². The number of carbonyl (C=O) groups excluding carboxylic acids is 2. The van der Waals surface area contributed by atoms with Crippen LogP contribution in [0.3, 0.4) is 0 Å². The highest BCUT2D eigenvalue weighted by atomic mass is 16.6. The molecule has 2 aromatic carbocycles. The molecule has 0 aromatic heterocycles. The molecule has 0 spiro atoms. The number of rotatable bonds is 2. The first kappa shape index (κ1) is 15.7. The molecule has 0 atom stereocenters. The summed E-state index contributed by atoms with van der Waals surface area (Å²) in [5.41, 5.74) is 1.12. The molecule has 126 valence electrons. The zero-order valence-corrected chi connectivity index (χ0v) is 13.7. The van der Waals surface area contributed by atoms with Crippen LogP contribution < -0.4 is 0 Å². The van der Waals surface area contributed by atoms with Crippen LogP contribution >= 0.6 is 0 Å². The quantitative estimate of drug-likeness (QED) is 0.513. The zero-order valence-electron chi connectivity index (χ0n) is 13.7. The second-order valence-electron chi connectivity index (χ2n) is 6.72. The Balaban J connectivity index is 1.95. The first-order valence-electron chi connectivity index (χ1n) is 8.59. The number of nitro benzene ring substituents is 1. The van der Waals surface area contributed by atoms with E-state index in [0.29, 0.717) is 11.1 Å². The van der Waals surface area contributed by atoms with Gasteiger partial charge >= 0.3 is 0 Å². The molecular formula is C20H17NO4. The average molecular weight is 335 g/mol. The first-order chi connectivity index (χ1) is 12.1. The van der Waals surface area contributed by atoms with Crippen molar-refractivity contribution in [3.63, 3.8) is 0 Å². The van der Waals surface area contributed by atoms with E-state index in [2.05, 4.69) is 0 Å². The summed E-state index contributed by atoms with van der Waals surface area (Å²) in [5, 5.41) is 11.8. The minimum absolute atomic E-state index is 0.0308. The van der Waals surface area contributed by atoms with Crippen LogP contribution in [0.25, 0.3) is 0 Å². The van der Waals surface area contributed by atoms with E-state index in [0.717, 1.165) is 32.1 Å². The SMILES string of the molecule is O=C1c2ccccc2C(=O)c2c1ccc(C1CCCCC1)c2[N+](=O)[O-]. The topological polar surface area (TPSA) is 77.3 Å². The van der Waals surface area contributed by atoms with E-state index in [9.17, 15) is 19.7 Å². The maximum atomic E-state index is 13.0. The predicted molar refractivity (Wildman–Crippen MR) is 92.2 cm³/mol. The Morgan fingerprint density at radius 3 is 2.12 bits per heavy atom. The summed E-state index contributed by atoms with van der Waals surface area (Å²) >= 11 is 0. The molecule has 1 saturated carbocycles. The minimum atomic E-state index is -0.484. The number of benzene rings is 2. The van der Waals surface area contributed by atoms with Crippen LogP contribution in [-0.4, -0.2) is 16.5 Å². The zero-order chi connectivity index (χ0) is 17.6. The van der Waals surface area contributed by atoms with Crippen LogP contribution in [0.4, 0.5) is 5.69 Å². The Morgan fingerprint density at radius 1 is 0.840 bits per heavy atom. The largest absolute Gasteiger partial charge is 0.289 e. The lowest BCUT2D eigenvalue weighted by molar-refractivity contribution is -0.386. The molecule has 2 aliphatic rings. The fourth-order valence-electron chi connectivity index (χ4n) is 4.12. The third kappa shape index (κ3) is 2.38. The molecule has 0 unspecified atom stereocenters. The Hall–Kier alpha value is -2.82. The smallest absolute Gasteiger partial charge is 0.284 e. The van der Waals surface area contributed by atoms with Crippen molar-refractivity contribution in [2.45, 2.75) is 38.0 Å². The highest BCUT2D eigenvalue weighted by molar-refractivity contribution is 6.29. The van der Waals surface area contributed by atoms with Crippen molar-refractivity contribution in [1.29, 1.82) is 0 Å². The van der Waals surface area contributed by atoms with E-state index < -0.39 is 10.7 Å². The fourth-order valence-corrected chi connectivity index (χ4v) is 4.12. The molecule has 2 aromatic rings. The van der Waals surface area contributed by atoms with E-state index in [-0.39, 0.29) is 34.1 Å². The number of nitro groups is 1. The lowest BCUT2D eigenvalue weighted by Gasteiger charge is -2.24. The molecule has 0 N–H and O–H groups in total. The molecule has 4 rings (SSSR count). The highest BCUT2D eigenvalue weighted by Crippen LogP contribution is 2.42. The lowest BCUT2D eigenvalue weighted by Crippen LogP contribution is -2.23. The average Bonchev–Trinajstić information content (AvgIpc) is 2.65. The number of fused-ring (bicyclic) bond motifs is 2. The summed E-state index contributed by atoms with van der Waals surface area (Å²) in [7, 11) is 0. The molecule has 2 aliphatic carbocycles. The molecule has 25 heavy (non-hydrogen) atoms. The minimum Gasteiger partial charge on any atom is -0.289 e. The van der Waals surface area contributed by atoms with E-state index in [1.54, 1.807) is 36.4 Å². The van der Waals surface area contributed by atoms with Gasteiger partial charge in [0.25, 0.3) is 5.69 Å². The number of nitrogens with zero attached hydrogens (tertiary/aromatic N) is 1. The highest BCUT2D eigenvalue weighted by Gasteiger charge is 2.38. The third-order valence-corrected chi connectivity index (χ3v) is 5.32. The van der Waals surface area contributed by atoms with Gasteiger partial charge in [0, 0.05) is 22.3 Å². The molecule has 0 heterocycles. The Morgan fingerprint density at radius 2 is 1.48 bits per heavy atom. The van der Waals surface area contributed by atoms with Gasteiger partial charge in [-0.3, -0.25) is 19.7 Å². The van der Waals surface area contributed by atoms with Gasteiger partial charge in [-0.25, -0.2) is 0 Å². The summed E-state index contributed by atoms with van der Waals surface area (Å²) in [4.78, 5) is 37.1. The van der Waals surface area contributed by atoms with E-state index in [4.69, 9.17) is 0 Å². The van der Waals surface area contributed by atoms with Gasteiger partial charge in [-0.1, -0.05) is 49.6 Å². The fraction of sp³-hybridized carbons (Fsp3) is 0.300. The molecule has 5 nitrogen and oxygen atoms in total. The maximum Gasteiger partial charge on any atom is 0.284 e. The Labute approximate surface area is 144 Å². The summed E-state index contributed by atoms with van der Waals surface area (Å²) in [6.07, 6.45) is 4.99. The van der Waals surface area contributed by atoms with Crippen molar-refractivity contribution < 1.29 is 14.5 Å². The third-order valence-electron chi connectivity index (χ3n) is 5.32. The van der Waals surface area contributed by atoms with Crippen molar-refractivity contribution in [2.75, 3.05) is 0 Å². The Bertz CT molecular complexity index is 910. The van der Waals surface area contributed by atoms with Gasteiger partial charge in [-0.2, -0.15) is 0 Å². The standard InChI is InChI=1S/C20H17NO4/c22-19-14-8-4-5-9-15(14)20(23)17-16(19)11-10-13(18(17)21(24)25)12-6-2-1-3-7-12/h4-5,8-12H,1-3,6-7H2. The second-order valence-corrected chi connectivity index (χ2v) is 6.72. The van der Waals surface area contributed by atoms with Crippen molar-refractivity contribution in [3.05, 3.63) is 74.3 Å². The summed E-state index contributed by atoms with van der Waals surface area (Å²) in [5.74, 6) is -0.655. The molecule has 0 radical (unpaired) electrons.